The highest BCUT2D eigenvalue weighted by atomic mass is 16.1. The van der Waals surface area contributed by atoms with Crippen LogP contribution in [0.4, 0.5) is 0 Å². The van der Waals surface area contributed by atoms with Gasteiger partial charge in [0.1, 0.15) is 0 Å². The van der Waals surface area contributed by atoms with Gasteiger partial charge in [0.2, 0.25) is 6.41 Å². The maximum absolute atomic E-state index is 10.8. The van der Waals surface area contributed by atoms with Gasteiger partial charge in [0.05, 0.1) is 0 Å². The molecule has 0 saturated carbocycles. The number of hydrogen-bond donors (Lipinski definition) is 0. The molecule has 0 bridgehead atoms. The van der Waals surface area contributed by atoms with Crippen molar-refractivity contribution >= 4 is 6.41 Å². The van der Waals surface area contributed by atoms with Crippen LogP contribution in [0, 0.1) is 0 Å². The fourth-order valence-electron chi connectivity index (χ4n) is 2.65. The topological polar surface area (TPSA) is 20.3 Å². The average molecular weight is 231 g/mol. The molecule has 0 fully saturated rings. The van der Waals surface area contributed by atoms with Crippen LogP contribution in [-0.2, 0) is 30.6 Å². The van der Waals surface area contributed by atoms with Gasteiger partial charge in [-0.1, -0.05) is 32.4 Å². The Morgan fingerprint density at radius 3 is 2.65 bits per heavy atom. The lowest BCUT2D eigenvalue weighted by atomic mass is 9.91. The first-order valence-electron chi connectivity index (χ1n) is 6.61. The Morgan fingerprint density at radius 2 is 2.00 bits per heavy atom. The molecule has 1 aliphatic rings. The number of carbonyl (C=O) groups excluding carboxylic acids is 1. The Kier molecular flexibility index (Phi) is 3.82. The zero-order valence-corrected chi connectivity index (χ0v) is 10.8. The molecule has 1 heterocycles. The second kappa shape index (κ2) is 5.35. The molecule has 17 heavy (non-hydrogen) atoms. The van der Waals surface area contributed by atoms with Crippen LogP contribution in [0.15, 0.2) is 12.1 Å². The highest BCUT2D eigenvalue weighted by Crippen LogP contribution is 2.24. The molecule has 1 aromatic carbocycles. The van der Waals surface area contributed by atoms with Crippen molar-refractivity contribution in [3.8, 4) is 0 Å². The molecule has 2 heteroatoms. The third-order valence-corrected chi connectivity index (χ3v) is 3.61. The van der Waals surface area contributed by atoms with Crippen molar-refractivity contribution in [1.29, 1.82) is 0 Å². The molecule has 0 aliphatic carbocycles. The highest BCUT2D eigenvalue weighted by Gasteiger charge is 2.16. The molecular weight excluding hydrogens is 210 g/mol. The van der Waals surface area contributed by atoms with Crippen LogP contribution in [0.3, 0.4) is 0 Å². The van der Waals surface area contributed by atoms with Gasteiger partial charge >= 0.3 is 0 Å². The molecule has 92 valence electrons. The van der Waals surface area contributed by atoms with E-state index in [1.54, 1.807) is 0 Å². The normalized spacial score (nSPS) is 14.6. The molecule has 0 N–H and O–H groups in total. The molecule has 2 nitrogen and oxygen atoms in total. The van der Waals surface area contributed by atoms with E-state index in [9.17, 15) is 4.79 Å². The number of amides is 1. The summed E-state index contributed by atoms with van der Waals surface area (Å²) in [5.74, 6) is 0. The summed E-state index contributed by atoms with van der Waals surface area (Å²) >= 11 is 0. The van der Waals surface area contributed by atoms with Crippen molar-refractivity contribution in [1.82, 2.24) is 4.90 Å². The predicted octanol–water partition coefficient (Wildman–Crippen LogP) is 2.72. The summed E-state index contributed by atoms with van der Waals surface area (Å²) in [4.78, 5) is 12.7. The Hall–Kier alpha value is -1.31. The lowest BCUT2D eigenvalue weighted by Gasteiger charge is -2.27. The van der Waals surface area contributed by atoms with Gasteiger partial charge in [-0.15, -0.1) is 0 Å². The van der Waals surface area contributed by atoms with Gasteiger partial charge < -0.3 is 4.90 Å². The van der Waals surface area contributed by atoms with Gasteiger partial charge in [0.15, 0.2) is 0 Å². The first-order valence-corrected chi connectivity index (χ1v) is 6.61. The lowest BCUT2D eigenvalue weighted by Crippen LogP contribution is -2.29. The maximum Gasteiger partial charge on any atom is 0.210 e. The third-order valence-electron chi connectivity index (χ3n) is 3.61. The first kappa shape index (κ1) is 12.2. The quantitative estimate of drug-likeness (QED) is 0.730. The minimum absolute atomic E-state index is 0.791. The standard InChI is InChI=1S/C15H21NO/c1-3-5-13-9-15-10-16(11-17)7-6-14(15)8-12(13)4-2/h8-9,11H,3-7,10H2,1-2H3. The van der Waals surface area contributed by atoms with Crippen LogP contribution in [0.1, 0.15) is 42.5 Å². The van der Waals surface area contributed by atoms with E-state index in [1.165, 1.54) is 28.7 Å². The largest absolute Gasteiger partial charge is 0.341 e. The van der Waals surface area contributed by atoms with Crippen LogP contribution in [0.25, 0.3) is 0 Å². The monoisotopic (exact) mass is 231 g/mol. The van der Waals surface area contributed by atoms with E-state index >= 15 is 0 Å². The number of fused-ring (bicyclic) bond motifs is 1. The zero-order valence-electron chi connectivity index (χ0n) is 10.8. The minimum Gasteiger partial charge on any atom is -0.341 e. The second-order valence-electron chi connectivity index (χ2n) is 4.82. The fourth-order valence-corrected chi connectivity index (χ4v) is 2.65. The summed E-state index contributed by atoms with van der Waals surface area (Å²) < 4.78 is 0. The molecular formula is C15H21NO. The first-order chi connectivity index (χ1) is 8.28. The van der Waals surface area contributed by atoms with E-state index in [1.807, 2.05) is 4.90 Å². The molecule has 1 aromatic rings. The van der Waals surface area contributed by atoms with Crippen LogP contribution < -0.4 is 0 Å². The highest BCUT2D eigenvalue weighted by molar-refractivity contribution is 5.50. The van der Waals surface area contributed by atoms with Crippen molar-refractivity contribution in [2.45, 2.75) is 46.1 Å². The van der Waals surface area contributed by atoms with Gasteiger partial charge in [-0.05, 0) is 41.5 Å². The van der Waals surface area contributed by atoms with E-state index in [4.69, 9.17) is 0 Å². The molecule has 2 rings (SSSR count). The lowest BCUT2D eigenvalue weighted by molar-refractivity contribution is -0.118. The van der Waals surface area contributed by atoms with Crippen molar-refractivity contribution in [2.75, 3.05) is 6.54 Å². The van der Waals surface area contributed by atoms with Gasteiger partial charge in [0, 0.05) is 13.1 Å². The molecule has 0 atom stereocenters. The third kappa shape index (κ3) is 2.51. The summed E-state index contributed by atoms with van der Waals surface area (Å²) in [5.41, 5.74) is 5.76. The summed E-state index contributed by atoms with van der Waals surface area (Å²) in [6, 6.07) is 4.69. The van der Waals surface area contributed by atoms with Crippen LogP contribution in [-0.4, -0.2) is 17.9 Å². The number of aryl methyl sites for hydroxylation is 2. The van der Waals surface area contributed by atoms with E-state index in [2.05, 4.69) is 26.0 Å². The van der Waals surface area contributed by atoms with E-state index < -0.39 is 0 Å². The Balaban J connectivity index is 2.34. The molecule has 0 aromatic heterocycles. The van der Waals surface area contributed by atoms with Crippen molar-refractivity contribution < 1.29 is 4.79 Å². The van der Waals surface area contributed by atoms with E-state index in [-0.39, 0.29) is 0 Å². The number of carbonyl (C=O) groups is 1. The molecule has 0 radical (unpaired) electrons. The molecule has 1 amide bonds. The van der Waals surface area contributed by atoms with E-state index in [0.29, 0.717) is 0 Å². The smallest absolute Gasteiger partial charge is 0.210 e. The minimum atomic E-state index is 0.791. The number of benzene rings is 1. The zero-order chi connectivity index (χ0) is 12.3. The number of rotatable bonds is 4. The Morgan fingerprint density at radius 1 is 1.24 bits per heavy atom. The van der Waals surface area contributed by atoms with Crippen molar-refractivity contribution in [3.63, 3.8) is 0 Å². The van der Waals surface area contributed by atoms with Gasteiger partial charge in [-0.25, -0.2) is 0 Å². The van der Waals surface area contributed by atoms with Crippen molar-refractivity contribution in [2.24, 2.45) is 0 Å². The summed E-state index contributed by atoms with van der Waals surface area (Å²) in [6.45, 7) is 6.10. The van der Waals surface area contributed by atoms with Gasteiger partial charge in [0.25, 0.3) is 0 Å². The van der Waals surface area contributed by atoms with Crippen molar-refractivity contribution in [3.05, 3.63) is 34.4 Å². The summed E-state index contributed by atoms with van der Waals surface area (Å²) in [5, 5.41) is 0. The fraction of sp³-hybridized carbons (Fsp3) is 0.533. The summed E-state index contributed by atoms with van der Waals surface area (Å²) in [7, 11) is 0. The second-order valence-corrected chi connectivity index (χ2v) is 4.82. The van der Waals surface area contributed by atoms with Gasteiger partial charge in [-0.3, -0.25) is 4.79 Å². The number of nitrogens with zero attached hydrogens (tertiary/aromatic N) is 1. The van der Waals surface area contributed by atoms with Crippen LogP contribution >= 0.6 is 0 Å². The van der Waals surface area contributed by atoms with E-state index in [0.717, 1.165) is 38.8 Å². The number of hydrogen-bond acceptors (Lipinski definition) is 1. The Bertz CT molecular complexity index is 412. The molecule has 1 aliphatic heterocycles. The van der Waals surface area contributed by atoms with Crippen LogP contribution in [0.5, 0.6) is 0 Å². The predicted molar refractivity (Wildman–Crippen MR) is 70.0 cm³/mol. The summed E-state index contributed by atoms with van der Waals surface area (Å²) in [6.07, 6.45) is 5.42. The molecule has 0 unspecified atom stereocenters. The molecule has 0 saturated heterocycles. The van der Waals surface area contributed by atoms with Gasteiger partial charge in [-0.2, -0.15) is 0 Å². The maximum atomic E-state index is 10.8. The van der Waals surface area contributed by atoms with Crippen LogP contribution in [0.2, 0.25) is 0 Å². The molecule has 0 spiro atoms. The SMILES string of the molecule is CCCc1cc2c(cc1CC)CCN(C=O)C2. The Labute approximate surface area is 104 Å². The average Bonchev–Trinajstić information content (AvgIpc) is 2.37.